The summed E-state index contributed by atoms with van der Waals surface area (Å²) in [7, 11) is 3.12. The summed E-state index contributed by atoms with van der Waals surface area (Å²) in [6.07, 6.45) is 22.5. The Morgan fingerprint density at radius 1 is 0.667 bits per heavy atom. The van der Waals surface area contributed by atoms with Crippen molar-refractivity contribution in [1.82, 2.24) is 0 Å². The van der Waals surface area contributed by atoms with Crippen molar-refractivity contribution in [2.75, 3.05) is 61.2 Å². The molecule has 2 atom stereocenters. The molecule has 7 nitrogen and oxygen atoms in total. The molecule has 8 heteroatoms. The number of rotatable bonds is 28. The first kappa shape index (κ1) is 36.0. The number of hydrogen-bond donors (Lipinski definition) is 0. The number of hydrogen-bond acceptors (Lipinski definition) is 6. The first-order chi connectivity index (χ1) is 17.2. The highest BCUT2D eigenvalue weighted by Gasteiger charge is 2.16. The molecule has 0 bridgehead atoms. The average molecular weight is 538 g/mol. The Morgan fingerprint density at radius 3 is 1.53 bits per heavy atom. The standard InChI is InChI=1S/C28H60NO6P/c1-6-7-8-9-10-11-12-13-14-15-16-17-18-19-20-21-22-24-33-26-28(32-5)27-35-36(30,31)34-25-23-29(2,3)4/h28H,6-27H2,1-5H3/t28-/m1/s1. The number of phosphoric acid groups is 1. The van der Waals surface area contributed by atoms with Crippen molar-refractivity contribution in [1.29, 1.82) is 0 Å². The lowest BCUT2D eigenvalue weighted by Gasteiger charge is -2.28. The van der Waals surface area contributed by atoms with Gasteiger partial charge in [0.1, 0.15) is 19.3 Å². The number of methoxy groups -OCH3 is 1. The van der Waals surface area contributed by atoms with Crippen molar-refractivity contribution in [2.45, 2.75) is 122 Å². The molecule has 0 saturated heterocycles. The van der Waals surface area contributed by atoms with Gasteiger partial charge in [-0.3, -0.25) is 4.57 Å². The van der Waals surface area contributed by atoms with Crippen molar-refractivity contribution >= 4 is 7.82 Å². The number of phosphoric ester groups is 1. The Kier molecular flexibility index (Phi) is 24.1. The Morgan fingerprint density at radius 2 is 1.11 bits per heavy atom. The van der Waals surface area contributed by atoms with Crippen LogP contribution in [0.3, 0.4) is 0 Å². The van der Waals surface area contributed by atoms with Gasteiger partial charge in [0.2, 0.25) is 0 Å². The van der Waals surface area contributed by atoms with Gasteiger partial charge in [-0.05, 0) is 6.42 Å². The fourth-order valence-electron chi connectivity index (χ4n) is 3.97. The molecule has 0 fully saturated rings. The van der Waals surface area contributed by atoms with Crippen molar-refractivity contribution in [3.63, 3.8) is 0 Å². The van der Waals surface area contributed by atoms with E-state index in [0.29, 0.717) is 24.2 Å². The molecule has 0 saturated carbocycles. The monoisotopic (exact) mass is 537 g/mol. The van der Waals surface area contributed by atoms with E-state index in [1.165, 1.54) is 110 Å². The van der Waals surface area contributed by atoms with Gasteiger partial charge in [-0.25, -0.2) is 0 Å². The molecular weight excluding hydrogens is 477 g/mol. The molecular formula is C28H60NO6P. The van der Waals surface area contributed by atoms with Crippen LogP contribution >= 0.6 is 7.82 Å². The Labute approximate surface area is 223 Å². The third kappa shape index (κ3) is 27.0. The average Bonchev–Trinajstić information content (AvgIpc) is 2.81. The summed E-state index contributed by atoms with van der Waals surface area (Å²) in [5, 5.41) is 0. The van der Waals surface area contributed by atoms with Crippen LogP contribution in [-0.4, -0.2) is 71.8 Å². The number of nitrogens with zero attached hydrogens (tertiary/aromatic N) is 1. The molecule has 0 amide bonds. The van der Waals surface area contributed by atoms with E-state index in [0.717, 1.165) is 6.42 Å². The zero-order chi connectivity index (χ0) is 27.0. The van der Waals surface area contributed by atoms with Crippen LogP contribution in [-0.2, 0) is 23.1 Å². The summed E-state index contributed by atoms with van der Waals surface area (Å²) in [5.74, 6) is 0. The quantitative estimate of drug-likeness (QED) is 0.0615. The molecule has 0 N–H and O–H groups in total. The second-order valence-electron chi connectivity index (χ2n) is 11.2. The van der Waals surface area contributed by atoms with Crippen LogP contribution in [0.4, 0.5) is 0 Å². The van der Waals surface area contributed by atoms with Crippen molar-refractivity contribution in [3.05, 3.63) is 0 Å². The Hall–Kier alpha value is -0.0100. The molecule has 0 aromatic rings. The Balaban J connectivity index is 3.46. The predicted octanol–water partition coefficient (Wildman–Crippen LogP) is 6.88. The highest BCUT2D eigenvalue weighted by molar-refractivity contribution is 7.45. The lowest BCUT2D eigenvalue weighted by Crippen LogP contribution is -2.37. The highest BCUT2D eigenvalue weighted by Crippen LogP contribution is 2.38. The number of likely N-dealkylation sites (N-methyl/N-ethyl adjacent to an activating group) is 1. The van der Waals surface area contributed by atoms with Gasteiger partial charge in [0.05, 0.1) is 34.4 Å². The van der Waals surface area contributed by atoms with Gasteiger partial charge in [-0.15, -0.1) is 0 Å². The first-order valence-electron chi connectivity index (χ1n) is 14.7. The maximum absolute atomic E-state index is 11.9. The molecule has 0 aliphatic carbocycles. The molecule has 0 radical (unpaired) electrons. The second kappa shape index (κ2) is 24.1. The van der Waals surface area contributed by atoms with E-state index in [9.17, 15) is 9.46 Å². The van der Waals surface area contributed by atoms with E-state index in [1.54, 1.807) is 0 Å². The van der Waals surface area contributed by atoms with Crippen molar-refractivity contribution < 1.29 is 32.5 Å². The lowest BCUT2D eigenvalue weighted by molar-refractivity contribution is -0.870. The summed E-state index contributed by atoms with van der Waals surface area (Å²) in [4.78, 5) is 11.9. The third-order valence-corrected chi connectivity index (χ3v) is 7.42. The fourth-order valence-corrected chi connectivity index (χ4v) is 4.69. The van der Waals surface area contributed by atoms with Crippen molar-refractivity contribution in [3.8, 4) is 0 Å². The second-order valence-corrected chi connectivity index (χ2v) is 12.6. The maximum atomic E-state index is 11.9. The smallest absolute Gasteiger partial charge is 0.268 e. The molecule has 0 spiro atoms. The largest absolute Gasteiger partial charge is 0.756 e. The molecule has 0 rings (SSSR count). The molecule has 0 aliphatic rings. The highest BCUT2D eigenvalue weighted by atomic mass is 31.2. The van der Waals surface area contributed by atoms with E-state index < -0.39 is 13.9 Å². The Bertz CT molecular complexity index is 515. The van der Waals surface area contributed by atoms with Gasteiger partial charge in [-0.2, -0.15) is 0 Å². The predicted molar refractivity (Wildman–Crippen MR) is 148 cm³/mol. The molecule has 218 valence electrons. The molecule has 1 unspecified atom stereocenters. The summed E-state index contributed by atoms with van der Waals surface area (Å²) in [5.41, 5.74) is 0. The van der Waals surface area contributed by atoms with Gasteiger partial charge in [-0.1, -0.05) is 110 Å². The molecule has 0 aliphatic heterocycles. The van der Waals surface area contributed by atoms with E-state index in [2.05, 4.69) is 6.92 Å². The fraction of sp³-hybridized carbons (Fsp3) is 1.00. The number of quaternary nitrogens is 1. The molecule has 0 aromatic carbocycles. The number of unbranched alkanes of at least 4 members (excludes halogenated alkanes) is 16. The minimum absolute atomic E-state index is 0.0950. The minimum Gasteiger partial charge on any atom is -0.756 e. The van der Waals surface area contributed by atoms with Gasteiger partial charge in [0.25, 0.3) is 7.82 Å². The lowest BCUT2D eigenvalue weighted by atomic mass is 10.0. The zero-order valence-electron chi connectivity index (χ0n) is 24.5. The summed E-state index contributed by atoms with van der Waals surface area (Å²) in [6, 6.07) is 0. The molecule has 0 aromatic heterocycles. The zero-order valence-corrected chi connectivity index (χ0v) is 25.4. The summed E-state index contributed by atoms with van der Waals surface area (Å²) in [6.45, 7) is 3.83. The van der Waals surface area contributed by atoms with Crippen molar-refractivity contribution in [2.24, 2.45) is 0 Å². The third-order valence-electron chi connectivity index (χ3n) is 6.46. The SMILES string of the molecule is CCCCCCCCCCCCCCCCCCCOC[C@H](COP(=O)([O-])OCC[N+](C)(C)C)OC. The van der Waals surface area contributed by atoms with Crippen LogP contribution in [0.25, 0.3) is 0 Å². The summed E-state index contributed by atoms with van der Waals surface area (Å²) >= 11 is 0. The maximum Gasteiger partial charge on any atom is 0.268 e. The van der Waals surface area contributed by atoms with Gasteiger partial charge in [0.15, 0.2) is 0 Å². The van der Waals surface area contributed by atoms with Gasteiger partial charge in [0, 0.05) is 13.7 Å². The van der Waals surface area contributed by atoms with Gasteiger partial charge < -0.3 is 27.9 Å². The van der Waals surface area contributed by atoms with E-state index in [-0.39, 0.29) is 13.2 Å². The van der Waals surface area contributed by atoms with Gasteiger partial charge >= 0.3 is 0 Å². The normalized spacial score (nSPS) is 14.7. The first-order valence-corrected chi connectivity index (χ1v) is 16.2. The van der Waals surface area contributed by atoms with Crippen LogP contribution in [0.1, 0.15) is 116 Å². The summed E-state index contributed by atoms with van der Waals surface area (Å²) < 4.78 is 33.3. The van der Waals surface area contributed by atoms with Crippen LogP contribution < -0.4 is 4.89 Å². The molecule has 36 heavy (non-hydrogen) atoms. The molecule has 0 heterocycles. The minimum atomic E-state index is -4.32. The van der Waals surface area contributed by atoms with E-state index >= 15 is 0 Å². The van der Waals surface area contributed by atoms with Crippen LogP contribution in [0.5, 0.6) is 0 Å². The van der Waals surface area contributed by atoms with Crippen LogP contribution in [0.15, 0.2) is 0 Å². The van der Waals surface area contributed by atoms with E-state index in [4.69, 9.17) is 18.5 Å². The van der Waals surface area contributed by atoms with E-state index in [1.807, 2.05) is 21.1 Å². The number of ether oxygens (including phenoxy) is 2. The van der Waals surface area contributed by atoms with Crippen LogP contribution in [0, 0.1) is 0 Å². The van der Waals surface area contributed by atoms with Crippen LogP contribution in [0.2, 0.25) is 0 Å². The topological polar surface area (TPSA) is 77.1 Å².